The molecule has 1 atom stereocenters. The number of unbranched alkanes of at least 4 members (excludes halogenated alkanes) is 6. The average Bonchev–Trinajstić information content (AvgIpc) is 2.92. The predicted molar refractivity (Wildman–Crippen MR) is 96.7 cm³/mol. The molecule has 132 valence electrons. The van der Waals surface area contributed by atoms with Crippen molar-refractivity contribution in [3.8, 4) is 0 Å². The Morgan fingerprint density at radius 2 is 1.83 bits per heavy atom. The number of carboxylic acid groups (broad SMARTS) is 1. The first-order valence-corrected chi connectivity index (χ1v) is 9.18. The molecule has 4 heteroatoms. The van der Waals surface area contributed by atoms with Crippen molar-refractivity contribution in [3.05, 3.63) is 29.2 Å². The van der Waals surface area contributed by atoms with Gasteiger partial charge in [0, 0.05) is 6.92 Å². The summed E-state index contributed by atoms with van der Waals surface area (Å²) in [6.07, 6.45) is 9.90. The Labute approximate surface area is 144 Å². The zero-order chi connectivity index (χ0) is 17.5. The molecule has 0 fully saturated rings. The van der Waals surface area contributed by atoms with Crippen LogP contribution in [0.4, 0.5) is 0 Å². The summed E-state index contributed by atoms with van der Waals surface area (Å²) in [4.78, 5) is 16.0. The number of benzene rings is 1. The fraction of sp³-hybridized carbons (Fsp3) is 0.600. The van der Waals surface area contributed by atoms with Gasteiger partial charge in [-0.25, -0.2) is 9.78 Å². The number of carbonyl (C=O) groups is 1. The van der Waals surface area contributed by atoms with Crippen LogP contribution in [0, 0.1) is 6.92 Å². The van der Waals surface area contributed by atoms with Crippen LogP contribution in [0.15, 0.2) is 16.5 Å². The lowest BCUT2D eigenvalue weighted by atomic mass is 9.90. The van der Waals surface area contributed by atoms with E-state index in [0.29, 0.717) is 22.6 Å². The molecule has 0 aliphatic rings. The van der Waals surface area contributed by atoms with Crippen LogP contribution in [0.25, 0.3) is 11.1 Å². The van der Waals surface area contributed by atoms with Gasteiger partial charge in [-0.1, -0.05) is 64.9 Å². The van der Waals surface area contributed by atoms with E-state index in [0.717, 1.165) is 18.4 Å². The molecule has 1 aromatic heterocycles. The minimum absolute atomic E-state index is 0.216. The third-order valence-electron chi connectivity index (χ3n) is 4.69. The van der Waals surface area contributed by atoms with E-state index in [-0.39, 0.29) is 5.92 Å². The van der Waals surface area contributed by atoms with Crippen LogP contribution in [0.2, 0.25) is 0 Å². The zero-order valence-electron chi connectivity index (χ0n) is 15.1. The fourth-order valence-corrected chi connectivity index (χ4v) is 3.32. The molecule has 0 bridgehead atoms. The highest BCUT2D eigenvalue weighted by molar-refractivity contribution is 6.02. The number of aryl methyl sites for hydroxylation is 1. The molecule has 1 N–H and O–H groups in total. The van der Waals surface area contributed by atoms with Crippen molar-refractivity contribution < 1.29 is 14.3 Å². The van der Waals surface area contributed by atoms with Crippen molar-refractivity contribution in [2.75, 3.05) is 0 Å². The highest BCUT2D eigenvalue weighted by Crippen LogP contribution is 2.31. The predicted octanol–water partition coefficient (Wildman–Crippen LogP) is 6.08. The molecule has 0 saturated heterocycles. The molecule has 0 spiro atoms. The molecular formula is C20H29NO3. The molecule has 0 aliphatic heterocycles. The summed E-state index contributed by atoms with van der Waals surface area (Å²) in [5.74, 6) is -0.201. The van der Waals surface area contributed by atoms with Crippen LogP contribution >= 0.6 is 0 Å². The Bertz CT molecular complexity index is 675. The molecule has 4 nitrogen and oxygen atoms in total. The summed E-state index contributed by atoms with van der Waals surface area (Å²) in [7, 11) is 0. The maximum absolute atomic E-state index is 11.7. The van der Waals surface area contributed by atoms with Crippen molar-refractivity contribution >= 4 is 17.1 Å². The second-order valence-electron chi connectivity index (χ2n) is 6.73. The van der Waals surface area contributed by atoms with Gasteiger partial charge in [-0.3, -0.25) is 0 Å². The molecule has 0 aliphatic carbocycles. The van der Waals surface area contributed by atoms with Crippen LogP contribution in [-0.2, 0) is 0 Å². The van der Waals surface area contributed by atoms with Crippen molar-refractivity contribution in [2.24, 2.45) is 0 Å². The Morgan fingerprint density at radius 1 is 1.17 bits per heavy atom. The number of rotatable bonds is 10. The van der Waals surface area contributed by atoms with E-state index in [1.54, 1.807) is 6.92 Å². The Hall–Kier alpha value is -1.84. The second kappa shape index (κ2) is 8.86. The number of hydrogen-bond donors (Lipinski definition) is 1. The van der Waals surface area contributed by atoms with Crippen LogP contribution in [-0.4, -0.2) is 16.1 Å². The van der Waals surface area contributed by atoms with Crippen molar-refractivity contribution in [1.82, 2.24) is 4.98 Å². The van der Waals surface area contributed by atoms with Gasteiger partial charge in [0.05, 0.1) is 5.56 Å². The Kier molecular flexibility index (Phi) is 6.83. The number of nitrogens with zero attached hydrogens (tertiary/aromatic N) is 1. The number of carboxylic acids is 1. The van der Waals surface area contributed by atoms with E-state index in [2.05, 4.69) is 18.8 Å². The van der Waals surface area contributed by atoms with Gasteiger partial charge < -0.3 is 9.52 Å². The van der Waals surface area contributed by atoms with Gasteiger partial charge in [0.2, 0.25) is 0 Å². The van der Waals surface area contributed by atoms with E-state index in [1.165, 1.54) is 38.5 Å². The number of oxazole rings is 1. The average molecular weight is 331 g/mol. The molecule has 1 heterocycles. The lowest BCUT2D eigenvalue weighted by Gasteiger charge is -2.14. The van der Waals surface area contributed by atoms with E-state index < -0.39 is 5.97 Å². The summed E-state index contributed by atoms with van der Waals surface area (Å²) in [5.41, 5.74) is 2.20. The van der Waals surface area contributed by atoms with Crippen LogP contribution in [0.5, 0.6) is 0 Å². The van der Waals surface area contributed by atoms with Crippen molar-refractivity contribution in [3.63, 3.8) is 0 Å². The topological polar surface area (TPSA) is 63.3 Å². The maximum atomic E-state index is 11.7. The van der Waals surface area contributed by atoms with Gasteiger partial charge in [0.1, 0.15) is 5.52 Å². The maximum Gasteiger partial charge on any atom is 0.338 e. The summed E-state index contributed by atoms with van der Waals surface area (Å²) >= 11 is 0. The molecule has 24 heavy (non-hydrogen) atoms. The molecule has 1 unspecified atom stereocenters. The summed E-state index contributed by atoms with van der Waals surface area (Å²) < 4.78 is 5.46. The number of aromatic carboxylic acids is 1. The molecule has 0 amide bonds. The first-order chi connectivity index (χ1) is 11.5. The van der Waals surface area contributed by atoms with Crippen molar-refractivity contribution in [1.29, 1.82) is 0 Å². The quantitative estimate of drug-likeness (QED) is 0.536. The van der Waals surface area contributed by atoms with Crippen LogP contribution < -0.4 is 0 Å². The zero-order valence-corrected chi connectivity index (χ0v) is 15.1. The monoisotopic (exact) mass is 331 g/mol. The highest BCUT2D eigenvalue weighted by atomic mass is 16.4. The van der Waals surface area contributed by atoms with Gasteiger partial charge >= 0.3 is 5.97 Å². The minimum Gasteiger partial charge on any atom is -0.478 e. The summed E-state index contributed by atoms with van der Waals surface area (Å²) in [5, 5.41) is 9.63. The fourth-order valence-electron chi connectivity index (χ4n) is 3.32. The smallest absolute Gasteiger partial charge is 0.338 e. The van der Waals surface area contributed by atoms with E-state index in [4.69, 9.17) is 4.42 Å². The Morgan fingerprint density at radius 3 is 2.50 bits per heavy atom. The third kappa shape index (κ3) is 4.59. The lowest BCUT2D eigenvalue weighted by Crippen LogP contribution is -2.07. The molecular weight excluding hydrogens is 302 g/mol. The summed E-state index contributed by atoms with van der Waals surface area (Å²) in [6.45, 7) is 6.08. The summed E-state index contributed by atoms with van der Waals surface area (Å²) in [6, 6.07) is 3.74. The molecule has 2 rings (SSSR count). The SMILES string of the molecule is CCCCCCCCCC(C)c1ccc2oc(C)nc2c1C(=O)O. The molecule has 2 aromatic rings. The van der Waals surface area contributed by atoms with E-state index in [1.807, 2.05) is 12.1 Å². The van der Waals surface area contributed by atoms with Gasteiger partial charge in [-0.2, -0.15) is 0 Å². The largest absolute Gasteiger partial charge is 0.478 e. The number of aromatic nitrogens is 1. The number of hydrogen-bond acceptors (Lipinski definition) is 3. The first kappa shape index (κ1) is 18.5. The van der Waals surface area contributed by atoms with Gasteiger partial charge in [-0.05, 0) is 24.0 Å². The van der Waals surface area contributed by atoms with Crippen LogP contribution in [0.3, 0.4) is 0 Å². The molecule has 1 aromatic carbocycles. The third-order valence-corrected chi connectivity index (χ3v) is 4.69. The van der Waals surface area contributed by atoms with Gasteiger partial charge in [0.25, 0.3) is 0 Å². The molecule has 0 radical (unpaired) electrons. The van der Waals surface area contributed by atoms with Crippen LogP contribution in [0.1, 0.15) is 92.9 Å². The van der Waals surface area contributed by atoms with Crippen molar-refractivity contribution in [2.45, 2.75) is 78.1 Å². The van der Waals surface area contributed by atoms with E-state index in [9.17, 15) is 9.90 Å². The standard InChI is InChI=1S/C20H29NO3/c1-4-5-6-7-8-9-10-11-14(2)16-12-13-17-19(18(16)20(22)23)21-15(3)24-17/h12-14H,4-11H2,1-3H3,(H,22,23). The first-order valence-electron chi connectivity index (χ1n) is 9.18. The lowest BCUT2D eigenvalue weighted by molar-refractivity contribution is 0.0697. The second-order valence-corrected chi connectivity index (χ2v) is 6.73. The Balaban J connectivity index is 2.00. The van der Waals surface area contributed by atoms with Gasteiger partial charge in [0.15, 0.2) is 11.5 Å². The minimum atomic E-state index is -0.921. The van der Waals surface area contributed by atoms with E-state index >= 15 is 0 Å². The normalized spacial score (nSPS) is 12.6. The highest BCUT2D eigenvalue weighted by Gasteiger charge is 2.21. The number of fused-ring (bicyclic) bond motifs is 1. The van der Waals surface area contributed by atoms with Gasteiger partial charge in [-0.15, -0.1) is 0 Å². The molecule has 0 saturated carbocycles.